The fourth-order valence-corrected chi connectivity index (χ4v) is 8.87. The summed E-state index contributed by atoms with van der Waals surface area (Å²) < 4.78 is 6.08. The van der Waals surface area contributed by atoms with Gasteiger partial charge in [-0.3, -0.25) is 0 Å². The van der Waals surface area contributed by atoms with Crippen LogP contribution in [0.25, 0.3) is 0 Å². The number of hydrogen-bond donors (Lipinski definition) is 0. The van der Waals surface area contributed by atoms with Crippen LogP contribution in [-0.2, 0) is 11.3 Å². The minimum absolute atomic E-state index is 0. The van der Waals surface area contributed by atoms with Gasteiger partial charge < -0.3 is 28.7 Å². The Hall–Kier alpha value is -2.00. The lowest BCUT2D eigenvalue weighted by atomic mass is 10.1. The molecule has 0 saturated carbocycles. The molecule has 0 aliphatic carbocycles. The second kappa shape index (κ2) is 13.0. The van der Waals surface area contributed by atoms with Crippen LogP contribution in [0.1, 0.15) is 18.9 Å². The van der Waals surface area contributed by atoms with Crippen molar-refractivity contribution in [2.75, 3.05) is 12.8 Å². The quantitative estimate of drug-likeness (QED) is 0.212. The van der Waals surface area contributed by atoms with E-state index in [2.05, 4.69) is 122 Å². The molecule has 4 rings (SSSR count). The molecule has 4 aromatic rings. The summed E-state index contributed by atoms with van der Waals surface area (Å²) in [4.78, 5) is 0. The Morgan fingerprint density at radius 1 is 0.606 bits per heavy atom. The van der Waals surface area contributed by atoms with Gasteiger partial charge in [0.15, 0.2) is 0 Å². The largest absolute Gasteiger partial charge is 1.00 e. The first-order chi connectivity index (χ1) is 15.8. The van der Waals surface area contributed by atoms with Crippen LogP contribution in [0.4, 0.5) is 0 Å². The molecule has 0 spiro atoms. The predicted molar refractivity (Wildman–Crippen MR) is 140 cm³/mol. The SMILES string of the molecule is C[C@H](CC[P+](c1ccccc1)(c1ccccc1)c1ccccc1)COCc1ccccc1.[I-]. The number of hydrogen-bond acceptors (Lipinski definition) is 1. The standard InChI is InChI=1S/C30H32OP.HI/c1-26(24-31-25-27-14-6-2-7-15-27)22-23-32(28-16-8-3-9-17-28,29-18-10-4-11-19-29)30-20-12-5-13-21-30;/h2-21,26H,22-25H2,1H3;1H/q+1;/p-1/t26-;/m1./s1. The van der Waals surface area contributed by atoms with Crippen molar-refractivity contribution in [3.8, 4) is 0 Å². The second-order valence-electron chi connectivity index (χ2n) is 8.43. The minimum atomic E-state index is -1.75. The molecule has 0 heterocycles. The molecule has 1 atom stereocenters. The number of ether oxygens (including phenoxy) is 1. The van der Waals surface area contributed by atoms with Crippen molar-refractivity contribution in [2.24, 2.45) is 5.92 Å². The van der Waals surface area contributed by atoms with Crippen LogP contribution in [0.2, 0.25) is 0 Å². The van der Waals surface area contributed by atoms with E-state index in [9.17, 15) is 0 Å². The van der Waals surface area contributed by atoms with Crippen molar-refractivity contribution in [3.63, 3.8) is 0 Å². The third-order valence-corrected chi connectivity index (χ3v) is 10.5. The van der Waals surface area contributed by atoms with Crippen LogP contribution >= 0.6 is 7.26 Å². The molecule has 0 amide bonds. The summed E-state index contributed by atoms with van der Waals surface area (Å²) in [5, 5.41) is 4.36. The molecule has 4 aromatic carbocycles. The fraction of sp³-hybridized carbons (Fsp3) is 0.200. The third-order valence-electron chi connectivity index (χ3n) is 6.06. The van der Waals surface area contributed by atoms with Gasteiger partial charge in [0.25, 0.3) is 0 Å². The van der Waals surface area contributed by atoms with Crippen LogP contribution in [0.5, 0.6) is 0 Å². The molecule has 33 heavy (non-hydrogen) atoms. The number of rotatable bonds is 10. The van der Waals surface area contributed by atoms with Crippen molar-refractivity contribution in [2.45, 2.75) is 20.0 Å². The van der Waals surface area contributed by atoms with Crippen LogP contribution in [0, 0.1) is 5.92 Å². The van der Waals surface area contributed by atoms with Gasteiger partial charge in [-0.1, -0.05) is 91.9 Å². The van der Waals surface area contributed by atoms with Crippen LogP contribution in [0.3, 0.4) is 0 Å². The zero-order valence-electron chi connectivity index (χ0n) is 19.2. The van der Waals surface area contributed by atoms with E-state index < -0.39 is 7.26 Å². The summed E-state index contributed by atoms with van der Waals surface area (Å²) in [6.07, 6.45) is 2.27. The van der Waals surface area contributed by atoms with E-state index in [-0.39, 0.29) is 24.0 Å². The Morgan fingerprint density at radius 2 is 1.00 bits per heavy atom. The van der Waals surface area contributed by atoms with E-state index in [0.717, 1.165) is 19.2 Å². The van der Waals surface area contributed by atoms with Gasteiger partial charge in [0.05, 0.1) is 12.8 Å². The highest BCUT2D eigenvalue weighted by Gasteiger charge is 2.44. The Morgan fingerprint density at radius 3 is 1.42 bits per heavy atom. The highest BCUT2D eigenvalue weighted by molar-refractivity contribution is 7.95. The minimum Gasteiger partial charge on any atom is -1.00 e. The first-order valence-electron chi connectivity index (χ1n) is 11.5. The van der Waals surface area contributed by atoms with Gasteiger partial charge >= 0.3 is 0 Å². The van der Waals surface area contributed by atoms with Gasteiger partial charge in [-0.15, -0.1) is 0 Å². The Balaban J connectivity index is 0.00000306. The van der Waals surface area contributed by atoms with Crippen molar-refractivity contribution >= 4 is 23.2 Å². The first-order valence-corrected chi connectivity index (χ1v) is 13.4. The lowest BCUT2D eigenvalue weighted by Gasteiger charge is -2.28. The van der Waals surface area contributed by atoms with E-state index in [4.69, 9.17) is 4.74 Å². The lowest BCUT2D eigenvalue weighted by Crippen LogP contribution is -3.00. The van der Waals surface area contributed by atoms with Crippen LogP contribution < -0.4 is 39.9 Å². The summed E-state index contributed by atoms with van der Waals surface area (Å²) >= 11 is 0. The zero-order valence-corrected chi connectivity index (χ0v) is 22.2. The van der Waals surface area contributed by atoms with Crippen LogP contribution in [-0.4, -0.2) is 12.8 Å². The van der Waals surface area contributed by atoms with E-state index in [1.54, 1.807) is 0 Å². The van der Waals surface area contributed by atoms with Crippen molar-refractivity contribution in [3.05, 3.63) is 127 Å². The molecule has 0 N–H and O–H groups in total. The molecular formula is C30H32IOP. The molecule has 0 aliphatic rings. The maximum absolute atomic E-state index is 6.08. The molecule has 0 aliphatic heterocycles. The summed E-state index contributed by atoms with van der Waals surface area (Å²) in [6, 6.07) is 43.8. The fourth-order valence-electron chi connectivity index (χ4n) is 4.33. The average molecular weight is 566 g/mol. The highest BCUT2D eigenvalue weighted by atomic mass is 127. The van der Waals surface area contributed by atoms with E-state index >= 15 is 0 Å². The molecule has 0 bridgehead atoms. The molecule has 1 nitrogen and oxygen atoms in total. The summed E-state index contributed by atoms with van der Waals surface area (Å²) in [5.41, 5.74) is 1.24. The van der Waals surface area contributed by atoms with Gasteiger partial charge in [-0.2, -0.15) is 0 Å². The topological polar surface area (TPSA) is 9.23 Å². The zero-order chi connectivity index (χ0) is 22.1. The van der Waals surface area contributed by atoms with Crippen molar-refractivity contribution in [1.29, 1.82) is 0 Å². The Labute approximate surface area is 216 Å². The maximum Gasteiger partial charge on any atom is 0.112 e. The van der Waals surface area contributed by atoms with Gasteiger partial charge in [0.2, 0.25) is 0 Å². The first kappa shape index (κ1) is 25.6. The van der Waals surface area contributed by atoms with Crippen molar-refractivity contribution < 1.29 is 28.7 Å². The van der Waals surface area contributed by atoms with Crippen LogP contribution in [0.15, 0.2) is 121 Å². The Kier molecular flexibility index (Phi) is 10.1. The third kappa shape index (κ3) is 6.53. The van der Waals surface area contributed by atoms with Crippen molar-refractivity contribution in [1.82, 2.24) is 0 Å². The molecular weight excluding hydrogens is 534 g/mol. The lowest BCUT2D eigenvalue weighted by molar-refractivity contribution is -0.00000673. The molecule has 0 unspecified atom stereocenters. The van der Waals surface area contributed by atoms with Gasteiger partial charge in [0, 0.05) is 6.61 Å². The molecule has 3 heteroatoms. The summed E-state index contributed by atoms with van der Waals surface area (Å²) in [5.74, 6) is 0.495. The monoisotopic (exact) mass is 566 g/mol. The number of benzene rings is 4. The smallest absolute Gasteiger partial charge is 0.112 e. The molecule has 0 fully saturated rings. The van der Waals surface area contributed by atoms with Gasteiger partial charge in [-0.05, 0) is 54.3 Å². The summed E-state index contributed by atoms with van der Waals surface area (Å²) in [6.45, 7) is 3.79. The van der Waals surface area contributed by atoms with E-state index in [0.29, 0.717) is 12.5 Å². The highest BCUT2D eigenvalue weighted by Crippen LogP contribution is 2.56. The molecule has 170 valence electrons. The molecule has 0 radical (unpaired) electrons. The van der Waals surface area contributed by atoms with Gasteiger partial charge in [0.1, 0.15) is 23.2 Å². The summed E-state index contributed by atoms with van der Waals surface area (Å²) in [7, 11) is -1.75. The Bertz CT molecular complexity index is 959. The maximum atomic E-state index is 6.08. The predicted octanol–water partition coefficient (Wildman–Crippen LogP) is 3.23. The van der Waals surface area contributed by atoms with E-state index in [1.807, 2.05) is 6.07 Å². The van der Waals surface area contributed by atoms with E-state index in [1.165, 1.54) is 21.5 Å². The normalized spacial score (nSPS) is 12.0. The molecule has 0 aromatic heterocycles. The average Bonchev–Trinajstić information content (AvgIpc) is 2.87. The van der Waals surface area contributed by atoms with Gasteiger partial charge in [-0.25, -0.2) is 0 Å². The number of halogens is 1. The molecule has 0 saturated heterocycles. The second-order valence-corrected chi connectivity index (χ2v) is 12.1.